The third kappa shape index (κ3) is 3.31. The van der Waals surface area contributed by atoms with Crippen LogP contribution in [0.1, 0.15) is 50.7 Å². The summed E-state index contributed by atoms with van der Waals surface area (Å²) in [5.74, 6) is 0.762. The Labute approximate surface area is 143 Å². The van der Waals surface area contributed by atoms with Gasteiger partial charge in [-0.15, -0.1) is 0 Å². The first-order chi connectivity index (χ1) is 10.5. The van der Waals surface area contributed by atoms with Crippen LogP contribution in [0.4, 0.5) is 0 Å². The topological polar surface area (TPSA) is 21.3 Å². The Morgan fingerprint density at radius 1 is 1.32 bits per heavy atom. The van der Waals surface area contributed by atoms with Gasteiger partial charge in [0.25, 0.3) is 0 Å². The molecule has 0 radical (unpaired) electrons. The van der Waals surface area contributed by atoms with Gasteiger partial charge in [0.1, 0.15) is 5.60 Å². The fourth-order valence-corrected chi connectivity index (χ4v) is 4.04. The molecule has 3 rings (SSSR count). The molecule has 2 aliphatic heterocycles. The molecule has 2 bridgehead atoms. The van der Waals surface area contributed by atoms with Crippen molar-refractivity contribution in [3.8, 4) is 0 Å². The molecule has 0 saturated carbocycles. The van der Waals surface area contributed by atoms with Gasteiger partial charge in [-0.3, -0.25) is 0 Å². The Hall–Kier alpha value is -0.280. The summed E-state index contributed by atoms with van der Waals surface area (Å²) in [5.41, 5.74) is 2.17. The van der Waals surface area contributed by atoms with E-state index in [1.807, 2.05) is 6.07 Å². The molecular weight excluding hydrogens is 317 g/mol. The molecule has 0 amide bonds. The summed E-state index contributed by atoms with van der Waals surface area (Å²) < 4.78 is 6.07. The number of rotatable bonds is 6. The van der Waals surface area contributed by atoms with E-state index in [2.05, 4.69) is 25.2 Å². The first-order valence-electron chi connectivity index (χ1n) is 8.36. The molecule has 2 saturated heterocycles. The number of halogens is 2. The van der Waals surface area contributed by atoms with Crippen LogP contribution in [0, 0.1) is 5.92 Å². The van der Waals surface area contributed by atoms with Crippen molar-refractivity contribution in [1.82, 2.24) is 5.32 Å². The summed E-state index contributed by atoms with van der Waals surface area (Å²) in [4.78, 5) is 0. The van der Waals surface area contributed by atoms with Gasteiger partial charge in [0.15, 0.2) is 0 Å². The van der Waals surface area contributed by atoms with Crippen LogP contribution < -0.4 is 5.32 Å². The van der Waals surface area contributed by atoms with Crippen molar-refractivity contribution in [2.24, 2.45) is 5.92 Å². The zero-order valence-electron chi connectivity index (χ0n) is 13.4. The molecule has 0 aromatic heterocycles. The molecule has 0 spiro atoms. The van der Waals surface area contributed by atoms with Crippen molar-refractivity contribution in [3.05, 3.63) is 33.3 Å². The summed E-state index contributed by atoms with van der Waals surface area (Å²) in [6.07, 6.45) is 5.70. The minimum atomic E-state index is -0.189. The molecule has 4 heteroatoms. The average Bonchev–Trinajstić information content (AvgIpc) is 3.09. The lowest BCUT2D eigenvalue weighted by Gasteiger charge is -2.28. The number of unbranched alkanes of at least 4 members (excludes halogenated alkanes) is 1. The van der Waals surface area contributed by atoms with Gasteiger partial charge in [-0.2, -0.15) is 0 Å². The summed E-state index contributed by atoms with van der Waals surface area (Å²) >= 11 is 12.8. The van der Waals surface area contributed by atoms with Crippen LogP contribution in [0.2, 0.25) is 10.0 Å². The maximum Gasteiger partial charge on any atom is 0.107 e. The summed E-state index contributed by atoms with van der Waals surface area (Å²) in [7, 11) is 0. The summed E-state index contributed by atoms with van der Waals surface area (Å²) in [6, 6.07) is 4.71. The van der Waals surface area contributed by atoms with Crippen molar-refractivity contribution in [2.45, 2.75) is 57.6 Å². The summed E-state index contributed by atoms with van der Waals surface area (Å²) in [5, 5.41) is 4.89. The van der Waals surface area contributed by atoms with E-state index in [0.29, 0.717) is 16.1 Å². The third-order valence-corrected chi connectivity index (χ3v) is 5.76. The van der Waals surface area contributed by atoms with E-state index < -0.39 is 0 Å². The largest absolute Gasteiger partial charge is 0.367 e. The van der Waals surface area contributed by atoms with Crippen LogP contribution in [0.3, 0.4) is 0 Å². The first-order valence-corrected chi connectivity index (χ1v) is 9.11. The number of nitrogens with one attached hydrogen (secondary N) is 1. The average molecular weight is 342 g/mol. The number of ether oxygens (including phenoxy) is 1. The van der Waals surface area contributed by atoms with Crippen LogP contribution in [-0.4, -0.2) is 19.2 Å². The maximum atomic E-state index is 6.42. The van der Waals surface area contributed by atoms with E-state index in [9.17, 15) is 0 Å². The molecular formula is C18H25Cl2NO. The molecule has 2 unspecified atom stereocenters. The highest BCUT2D eigenvalue weighted by atomic mass is 35.5. The van der Waals surface area contributed by atoms with Gasteiger partial charge in [0.05, 0.1) is 16.7 Å². The van der Waals surface area contributed by atoms with Gasteiger partial charge in [-0.05, 0) is 42.4 Å². The Kier molecular flexibility index (Phi) is 5.04. The second-order valence-corrected chi connectivity index (χ2v) is 7.94. The second kappa shape index (κ2) is 6.68. The maximum absolute atomic E-state index is 6.42. The highest BCUT2D eigenvalue weighted by Gasteiger charge is 2.47. The van der Waals surface area contributed by atoms with Gasteiger partial charge in [0.2, 0.25) is 0 Å². The molecule has 1 aromatic carbocycles. The van der Waals surface area contributed by atoms with Crippen LogP contribution in [0.25, 0.3) is 0 Å². The standard InChI is InChI=1S/C18H25Cl2NO/c1-12(2)5-3-4-6-13-7-14(8-16(19)17(13)20)18-9-15(10-22-18)21-11-18/h7-8,12,15,21H,3-6,9-11H2,1-2H3. The number of morpholine rings is 1. The Bertz CT molecular complexity index is 536. The van der Waals surface area contributed by atoms with Crippen LogP contribution in [0.5, 0.6) is 0 Å². The molecule has 2 fully saturated rings. The molecule has 122 valence electrons. The Balaban J connectivity index is 1.75. The zero-order chi connectivity index (χ0) is 15.7. The number of hydrogen-bond acceptors (Lipinski definition) is 2. The number of benzene rings is 1. The predicted molar refractivity (Wildman–Crippen MR) is 92.9 cm³/mol. The minimum absolute atomic E-state index is 0.189. The van der Waals surface area contributed by atoms with E-state index in [-0.39, 0.29) is 5.60 Å². The van der Waals surface area contributed by atoms with Crippen molar-refractivity contribution >= 4 is 23.2 Å². The lowest BCUT2D eigenvalue weighted by molar-refractivity contribution is -0.00962. The van der Waals surface area contributed by atoms with Crippen LogP contribution in [-0.2, 0) is 16.8 Å². The van der Waals surface area contributed by atoms with Crippen LogP contribution >= 0.6 is 23.2 Å². The molecule has 1 aromatic rings. The molecule has 2 atom stereocenters. The quantitative estimate of drug-likeness (QED) is 0.739. The fraction of sp³-hybridized carbons (Fsp3) is 0.667. The molecule has 1 N–H and O–H groups in total. The van der Waals surface area contributed by atoms with Gasteiger partial charge < -0.3 is 10.1 Å². The smallest absolute Gasteiger partial charge is 0.107 e. The van der Waals surface area contributed by atoms with E-state index in [0.717, 1.165) is 38.3 Å². The SMILES string of the molecule is CC(C)CCCCc1cc(C23CNC(CO2)C3)cc(Cl)c1Cl. The van der Waals surface area contributed by atoms with Gasteiger partial charge in [-0.25, -0.2) is 0 Å². The highest BCUT2D eigenvalue weighted by molar-refractivity contribution is 6.42. The van der Waals surface area contributed by atoms with Gasteiger partial charge >= 0.3 is 0 Å². The van der Waals surface area contributed by atoms with E-state index >= 15 is 0 Å². The molecule has 22 heavy (non-hydrogen) atoms. The lowest BCUT2D eigenvalue weighted by atomic mass is 9.90. The summed E-state index contributed by atoms with van der Waals surface area (Å²) in [6.45, 7) is 6.21. The van der Waals surface area contributed by atoms with Crippen molar-refractivity contribution < 1.29 is 4.74 Å². The normalized spacial score (nSPS) is 27.0. The van der Waals surface area contributed by atoms with E-state index in [1.54, 1.807) is 0 Å². The van der Waals surface area contributed by atoms with Gasteiger partial charge in [0, 0.05) is 12.6 Å². The molecule has 0 aliphatic carbocycles. The third-order valence-electron chi connectivity index (χ3n) is 4.92. The highest BCUT2D eigenvalue weighted by Crippen LogP contribution is 2.43. The number of fused-ring (bicyclic) bond motifs is 2. The molecule has 2 nitrogen and oxygen atoms in total. The van der Waals surface area contributed by atoms with Crippen LogP contribution in [0.15, 0.2) is 12.1 Å². The monoisotopic (exact) mass is 341 g/mol. The Morgan fingerprint density at radius 3 is 2.73 bits per heavy atom. The molecule has 2 aliphatic rings. The fourth-order valence-electron chi connectivity index (χ4n) is 3.60. The zero-order valence-corrected chi connectivity index (χ0v) is 14.9. The number of hydrogen-bond donors (Lipinski definition) is 1. The van der Waals surface area contributed by atoms with Crippen molar-refractivity contribution in [2.75, 3.05) is 13.2 Å². The van der Waals surface area contributed by atoms with Gasteiger partial charge in [-0.1, -0.05) is 56.0 Å². The number of aryl methyl sites for hydroxylation is 1. The lowest BCUT2D eigenvalue weighted by Crippen LogP contribution is -2.37. The van der Waals surface area contributed by atoms with E-state index in [4.69, 9.17) is 27.9 Å². The minimum Gasteiger partial charge on any atom is -0.367 e. The Morgan fingerprint density at radius 2 is 2.14 bits per heavy atom. The van der Waals surface area contributed by atoms with Crippen molar-refractivity contribution in [1.29, 1.82) is 0 Å². The van der Waals surface area contributed by atoms with Crippen molar-refractivity contribution in [3.63, 3.8) is 0 Å². The first kappa shape index (κ1) is 16.6. The predicted octanol–water partition coefficient (Wildman–Crippen LogP) is 4.95. The van der Waals surface area contributed by atoms with E-state index in [1.165, 1.54) is 24.0 Å². The second-order valence-electron chi connectivity index (χ2n) is 7.16. The molecule has 2 heterocycles.